The first-order chi connectivity index (χ1) is 6.16. The average molecular weight is 201 g/mol. The molecule has 2 heterocycles. The summed E-state index contributed by atoms with van der Waals surface area (Å²) in [6.45, 7) is 2.76. The number of hydrogen-bond donors (Lipinski definition) is 2. The van der Waals surface area contributed by atoms with Crippen LogP contribution in [0.25, 0.3) is 0 Å². The van der Waals surface area contributed by atoms with Gasteiger partial charge in [-0.2, -0.15) is 0 Å². The molecule has 1 saturated heterocycles. The zero-order valence-electron chi connectivity index (χ0n) is 7.21. The number of β-amino-alcohol motifs (C(OH)–C–C–N with tert-alkyl or cyclic N) is 2. The van der Waals surface area contributed by atoms with E-state index in [0.29, 0.717) is 13.1 Å². The zero-order valence-corrected chi connectivity index (χ0v) is 8.03. The molecule has 0 amide bonds. The molecule has 1 fully saturated rings. The molecule has 0 saturated carbocycles. The van der Waals surface area contributed by atoms with Gasteiger partial charge >= 0.3 is 0 Å². The van der Waals surface area contributed by atoms with Gasteiger partial charge in [0.1, 0.15) is 5.01 Å². The van der Waals surface area contributed by atoms with Crippen LogP contribution in [0, 0.1) is 6.92 Å². The Hall–Kier alpha value is -0.720. The number of aromatic nitrogens is 2. The molecule has 0 aromatic carbocycles. The van der Waals surface area contributed by atoms with Gasteiger partial charge in [-0.25, -0.2) is 0 Å². The highest BCUT2D eigenvalue weighted by molar-refractivity contribution is 7.15. The van der Waals surface area contributed by atoms with Crippen LogP contribution in [-0.4, -0.2) is 45.7 Å². The number of hydrogen-bond acceptors (Lipinski definition) is 6. The third-order valence-electron chi connectivity index (χ3n) is 2.04. The Morgan fingerprint density at radius 1 is 1.31 bits per heavy atom. The maximum atomic E-state index is 9.30. The van der Waals surface area contributed by atoms with E-state index in [4.69, 9.17) is 0 Å². The fourth-order valence-electron chi connectivity index (χ4n) is 1.34. The lowest BCUT2D eigenvalue weighted by atomic mass is 10.3. The van der Waals surface area contributed by atoms with Crippen LogP contribution in [0.5, 0.6) is 0 Å². The molecule has 1 aromatic rings. The Labute approximate surface area is 79.6 Å². The maximum absolute atomic E-state index is 9.30. The predicted octanol–water partition coefficient (Wildman–Crippen LogP) is -0.612. The van der Waals surface area contributed by atoms with E-state index < -0.39 is 12.2 Å². The van der Waals surface area contributed by atoms with Crippen molar-refractivity contribution in [2.45, 2.75) is 19.1 Å². The summed E-state index contributed by atoms with van der Waals surface area (Å²) in [6.07, 6.45) is -1.33. The minimum absolute atomic E-state index is 0.440. The number of rotatable bonds is 1. The smallest absolute Gasteiger partial charge is 0.208 e. The second kappa shape index (κ2) is 3.21. The van der Waals surface area contributed by atoms with Gasteiger partial charge in [-0.3, -0.25) is 0 Å². The van der Waals surface area contributed by atoms with E-state index in [-0.39, 0.29) is 0 Å². The van der Waals surface area contributed by atoms with E-state index in [9.17, 15) is 10.2 Å². The summed E-state index contributed by atoms with van der Waals surface area (Å²) in [4.78, 5) is 1.85. The van der Waals surface area contributed by atoms with Crippen LogP contribution in [0.15, 0.2) is 0 Å². The van der Waals surface area contributed by atoms with Crippen LogP contribution >= 0.6 is 11.3 Å². The van der Waals surface area contributed by atoms with Crippen LogP contribution in [-0.2, 0) is 0 Å². The van der Waals surface area contributed by atoms with Crippen molar-refractivity contribution in [3.63, 3.8) is 0 Å². The van der Waals surface area contributed by atoms with Gasteiger partial charge in [-0.15, -0.1) is 10.2 Å². The Kier molecular flexibility index (Phi) is 2.19. The molecular weight excluding hydrogens is 190 g/mol. The Morgan fingerprint density at radius 3 is 2.38 bits per heavy atom. The number of nitrogens with zero attached hydrogens (tertiary/aromatic N) is 3. The minimum Gasteiger partial charge on any atom is -0.389 e. The Bertz CT molecular complexity index is 294. The molecule has 0 bridgehead atoms. The second-order valence-electron chi connectivity index (χ2n) is 3.14. The fraction of sp³-hybridized carbons (Fsp3) is 0.714. The standard InChI is InChI=1S/C7H11N3O2S/c1-4-8-9-7(13-4)10-2-5(11)6(12)3-10/h5-6,11-12H,2-3H2,1H3. The van der Waals surface area contributed by atoms with Crippen molar-refractivity contribution in [2.24, 2.45) is 0 Å². The van der Waals surface area contributed by atoms with Crippen LogP contribution in [0.1, 0.15) is 5.01 Å². The summed E-state index contributed by atoms with van der Waals surface area (Å²) in [5, 5.41) is 28.1. The summed E-state index contributed by atoms with van der Waals surface area (Å²) in [5.41, 5.74) is 0. The molecule has 72 valence electrons. The van der Waals surface area contributed by atoms with Crippen LogP contribution in [0.2, 0.25) is 0 Å². The molecule has 0 radical (unpaired) electrons. The molecule has 13 heavy (non-hydrogen) atoms. The van der Waals surface area contributed by atoms with Crippen molar-refractivity contribution < 1.29 is 10.2 Å². The van der Waals surface area contributed by atoms with Crippen LogP contribution in [0.4, 0.5) is 5.13 Å². The molecule has 5 nitrogen and oxygen atoms in total. The normalized spacial score (nSPS) is 28.4. The quantitative estimate of drug-likeness (QED) is 0.634. The molecule has 2 rings (SSSR count). The molecule has 2 unspecified atom stereocenters. The summed E-state index contributed by atoms with van der Waals surface area (Å²) >= 11 is 1.47. The summed E-state index contributed by atoms with van der Waals surface area (Å²) in [5.74, 6) is 0. The average Bonchev–Trinajstić information content (AvgIpc) is 2.61. The van der Waals surface area contributed by atoms with Gasteiger partial charge in [-0.05, 0) is 6.92 Å². The summed E-state index contributed by atoms with van der Waals surface area (Å²) in [7, 11) is 0. The molecule has 1 aromatic heterocycles. The molecule has 6 heteroatoms. The number of aliphatic hydroxyl groups is 2. The second-order valence-corrected chi connectivity index (χ2v) is 4.30. The Balaban J connectivity index is 2.11. The van der Waals surface area contributed by atoms with E-state index in [2.05, 4.69) is 10.2 Å². The van der Waals surface area contributed by atoms with Crippen LogP contribution < -0.4 is 4.90 Å². The van der Waals surface area contributed by atoms with Crippen molar-refractivity contribution in [3.05, 3.63) is 5.01 Å². The number of aryl methyl sites for hydroxylation is 1. The van der Waals surface area contributed by atoms with E-state index >= 15 is 0 Å². The molecular formula is C7H11N3O2S. The van der Waals surface area contributed by atoms with E-state index in [1.165, 1.54) is 11.3 Å². The number of anilines is 1. The fourth-order valence-corrected chi connectivity index (χ4v) is 2.05. The van der Waals surface area contributed by atoms with E-state index in [1.54, 1.807) is 0 Å². The van der Waals surface area contributed by atoms with Gasteiger partial charge in [0.15, 0.2) is 0 Å². The maximum Gasteiger partial charge on any atom is 0.208 e. The lowest BCUT2D eigenvalue weighted by Gasteiger charge is -2.11. The van der Waals surface area contributed by atoms with Gasteiger partial charge in [0, 0.05) is 13.1 Å². The Morgan fingerprint density at radius 2 is 1.92 bits per heavy atom. The van der Waals surface area contributed by atoms with Gasteiger partial charge in [0.05, 0.1) is 12.2 Å². The van der Waals surface area contributed by atoms with Crippen molar-refractivity contribution in [3.8, 4) is 0 Å². The minimum atomic E-state index is -0.663. The summed E-state index contributed by atoms with van der Waals surface area (Å²) < 4.78 is 0. The largest absolute Gasteiger partial charge is 0.389 e. The predicted molar refractivity (Wildman–Crippen MR) is 48.9 cm³/mol. The molecule has 2 N–H and O–H groups in total. The lowest BCUT2D eigenvalue weighted by molar-refractivity contribution is 0.0572. The van der Waals surface area contributed by atoms with Gasteiger partial charge in [-0.1, -0.05) is 11.3 Å². The lowest BCUT2D eigenvalue weighted by Crippen LogP contribution is -2.22. The van der Waals surface area contributed by atoms with Gasteiger partial charge in [0.2, 0.25) is 5.13 Å². The zero-order chi connectivity index (χ0) is 9.42. The van der Waals surface area contributed by atoms with Gasteiger partial charge < -0.3 is 15.1 Å². The van der Waals surface area contributed by atoms with Crippen LogP contribution in [0.3, 0.4) is 0 Å². The third-order valence-corrected chi connectivity index (χ3v) is 2.94. The highest BCUT2D eigenvalue weighted by Gasteiger charge is 2.31. The van der Waals surface area contributed by atoms with Crippen molar-refractivity contribution in [2.75, 3.05) is 18.0 Å². The topological polar surface area (TPSA) is 69.5 Å². The third kappa shape index (κ3) is 1.65. The van der Waals surface area contributed by atoms with Crippen molar-refractivity contribution in [1.82, 2.24) is 10.2 Å². The highest BCUT2D eigenvalue weighted by Crippen LogP contribution is 2.23. The molecule has 1 aliphatic heterocycles. The molecule has 2 atom stereocenters. The van der Waals surface area contributed by atoms with Gasteiger partial charge in [0.25, 0.3) is 0 Å². The van der Waals surface area contributed by atoms with Crippen molar-refractivity contribution in [1.29, 1.82) is 0 Å². The monoisotopic (exact) mass is 201 g/mol. The molecule has 0 spiro atoms. The van der Waals surface area contributed by atoms with E-state index in [0.717, 1.165) is 10.1 Å². The molecule has 1 aliphatic rings. The first kappa shape index (κ1) is 8.86. The van der Waals surface area contributed by atoms with E-state index in [1.807, 2.05) is 11.8 Å². The summed E-state index contributed by atoms with van der Waals surface area (Å²) in [6, 6.07) is 0. The highest BCUT2D eigenvalue weighted by atomic mass is 32.1. The number of aliphatic hydroxyl groups excluding tert-OH is 2. The first-order valence-electron chi connectivity index (χ1n) is 4.08. The molecule has 0 aliphatic carbocycles. The first-order valence-corrected chi connectivity index (χ1v) is 4.89. The van der Waals surface area contributed by atoms with Crippen molar-refractivity contribution >= 4 is 16.5 Å². The SMILES string of the molecule is Cc1nnc(N2CC(O)C(O)C2)s1.